The molecule has 0 saturated carbocycles. The number of Topliss-reactive ketones (excluding diaryl/α,β-unsaturated/α-hetero) is 1. The molecule has 2 aromatic rings. The van der Waals surface area contributed by atoms with Gasteiger partial charge in [0.15, 0.2) is 5.78 Å². The first-order valence-electron chi connectivity index (χ1n) is 10.3. The van der Waals surface area contributed by atoms with E-state index in [1.165, 1.54) is 0 Å². The van der Waals surface area contributed by atoms with Crippen LogP contribution in [0.2, 0.25) is 0 Å². The highest BCUT2D eigenvalue weighted by molar-refractivity contribution is 6.03. The van der Waals surface area contributed by atoms with E-state index in [9.17, 15) is 14.4 Å². The number of H-pyrrole nitrogens is 1. The molecule has 0 aliphatic rings. The number of anilines is 1. The average molecular weight is 414 g/mol. The predicted molar refractivity (Wildman–Crippen MR) is 117 cm³/mol. The van der Waals surface area contributed by atoms with Gasteiger partial charge in [0.1, 0.15) is 0 Å². The molecular weight excluding hydrogens is 382 g/mol. The third kappa shape index (κ3) is 5.57. The van der Waals surface area contributed by atoms with Crippen molar-refractivity contribution in [1.82, 2.24) is 9.88 Å². The highest BCUT2D eigenvalue weighted by atomic mass is 16.5. The van der Waals surface area contributed by atoms with Crippen molar-refractivity contribution in [3.63, 3.8) is 0 Å². The second-order valence-electron chi connectivity index (χ2n) is 7.27. The van der Waals surface area contributed by atoms with E-state index in [4.69, 9.17) is 4.74 Å². The lowest BCUT2D eigenvalue weighted by molar-refractivity contribution is -0.120. The molecule has 1 aromatic carbocycles. The summed E-state index contributed by atoms with van der Waals surface area (Å²) in [6, 6.07) is 8.74. The van der Waals surface area contributed by atoms with E-state index in [0.29, 0.717) is 34.7 Å². The summed E-state index contributed by atoms with van der Waals surface area (Å²) < 4.78 is 5.10. The molecule has 0 aliphatic carbocycles. The minimum atomic E-state index is -0.491. The second-order valence-corrected chi connectivity index (χ2v) is 7.27. The smallest absolute Gasteiger partial charge is 0.340 e. The molecular formula is C23H31N3O4. The minimum absolute atomic E-state index is 0.0697. The third-order valence-corrected chi connectivity index (χ3v) is 5.02. The monoisotopic (exact) mass is 413 g/mol. The van der Waals surface area contributed by atoms with Gasteiger partial charge in [-0.3, -0.25) is 14.5 Å². The SMILES string of the molecule is CCCN(CC(=O)c1[nH]c(C)c(C(=O)OCC)c1C)C(C)C(=O)Nc1ccccc1. The van der Waals surface area contributed by atoms with Crippen molar-refractivity contribution in [2.45, 2.75) is 47.1 Å². The van der Waals surface area contributed by atoms with E-state index in [-0.39, 0.29) is 24.8 Å². The van der Waals surface area contributed by atoms with Gasteiger partial charge in [-0.25, -0.2) is 4.79 Å². The molecule has 1 aromatic heterocycles. The van der Waals surface area contributed by atoms with E-state index in [0.717, 1.165) is 6.42 Å². The number of benzene rings is 1. The van der Waals surface area contributed by atoms with Crippen molar-refractivity contribution in [2.24, 2.45) is 0 Å². The zero-order chi connectivity index (χ0) is 22.3. The number of para-hydroxylation sites is 1. The van der Waals surface area contributed by atoms with Gasteiger partial charge in [0.2, 0.25) is 5.91 Å². The molecule has 162 valence electrons. The van der Waals surface area contributed by atoms with Crippen molar-refractivity contribution in [2.75, 3.05) is 25.0 Å². The molecule has 0 fully saturated rings. The number of aromatic amines is 1. The summed E-state index contributed by atoms with van der Waals surface area (Å²) in [6.07, 6.45) is 0.799. The molecule has 1 amide bonds. The maximum absolute atomic E-state index is 13.0. The van der Waals surface area contributed by atoms with Crippen LogP contribution in [0.5, 0.6) is 0 Å². The number of aryl methyl sites for hydroxylation is 1. The number of nitrogens with one attached hydrogen (secondary N) is 2. The zero-order valence-corrected chi connectivity index (χ0v) is 18.4. The number of carbonyl (C=O) groups excluding carboxylic acids is 3. The number of esters is 1. The molecule has 7 heteroatoms. The van der Waals surface area contributed by atoms with E-state index in [1.807, 2.05) is 42.2 Å². The molecule has 0 spiro atoms. The van der Waals surface area contributed by atoms with Crippen LogP contribution in [0.15, 0.2) is 30.3 Å². The number of hydrogen-bond donors (Lipinski definition) is 2. The highest BCUT2D eigenvalue weighted by Gasteiger charge is 2.27. The molecule has 1 atom stereocenters. The van der Waals surface area contributed by atoms with Gasteiger partial charge in [0.05, 0.1) is 30.5 Å². The number of aromatic nitrogens is 1. The van der Waals surface area contributed by atoms with Crippen molar-refractivity contribution < 1.29 is 19.1 Å². The Kier molecular flexibility index (Phi) is 8.35. The summed E-state index contributed by atoms with van der Waals surface area (Å²) in [6.45, 7) is 9.95. The van der Waals surface area contributed by atoms with E-state index in [2.05, 4.69) is 10.3 Å². The molecule has 2 N–H and O–H groups in total. The number of hydrogen-bond acceptors (Lipinski definition) is 5. The summed E-state index contributed by atoms with van der Waals surface area (Å²) in [4.78, 5) is 42.8. The number of carbonyl (C=O) groups is 3. The fourth-order valence-corrected chi connectivity index (χ4v) is 3.43. The van der Waals surface area contributed by atoms with E-state index >= 15 is 0 Å². The summed E-state index contributed by atoms with van der Waals surface area (Å²) in [5.41, 5.74) is 2.68. The fraction of sp³-hybridized carbons (Fsp3) is 0.435. The topological polar surface area (TPSA) is 91.5 Å². The van der Waals surface area contributed by atoms with E-state index < -0.39 is 12.0 Å². The second kappa shape index (κ2) is 10.7. The maximum atomic E-state index is 13.0. The predicted octanol–water partition coefficient (Wildman–Crippen LogP) is 3.73. The Morgan fingerprint density at radius 2 is 1.80 bits per heavy atom. The number of ether oxygens (including phenoxy) is 1. The summed E-state index contributed by atoms with van der Waals surface area (Å²) in [5, 5.41) is 2.89. The molecule has 30 heavy (non-hydrogen) atoms. The maximum Gasteiger partial charge on any atom is 0.340 e. The average Bonchev–Trinajstić information content (AvgIpc) is 3.02. The van der Waals surface area contributed by atoms with Crippen LogP contribution in [0.4, 0.5) is 5.69 Å². The van der Waals surface area contributed by atoms with Gasteiger partial charge >= 0.3 is 5.97 Å². The summed E-state index contributed by atoms with van der Waals surface area (Å²) in [7, 11) is 0. The standard InChI is InChI=1S/C23H31N3O4/c1-6-13-26(17(5)22(28)25-18-11-9-8-10-12-18)14-19(27)21-15(3)20(16(4)24-21)23(29)30-7-2/h8-12,17,24H,6-7,13-14H2,1-5H3,(H,25,28). The number of rotatable bonds is 10. The van der Waals surface area contributed by atoms with Gasteiger partial charge in [-0.05, 0) is 58.4 Å². The van der Waals surface area contributed by atoms with Gasteiger partial charge in [-0.15, -0.1) is 0 Å². The molecule has 0 bridgehead atoms. The molecule has 0 radical (unpaired) electrons. The van der Waals surface area contributed by atoms with Gasteiger partial charge in [-0.1, -0.05) is 25.1 Å². The molecule has 2 rings (SSSR count). The van der Waals surface area contributed by atoms with Gasteiger partial charge in [-0.2, -0.15) is 0 Å². The van der Waals surface area contributed by atoms with Crippen LogP contribution in [0.3, 0.4) is 0 Å². The lowest BCUT2D eigenvalue weighted by atomic mass is 10.1. The fourth-order valence-electron chi connectivity index (χ4n) is 3.43. The summed E-state index contributed by atoms with van der Waals surface area (Å²) >= 11 is 0. The van der Waals surface area contributed by atoms with Crippen molar-refractivity contribution in [3.05, 3.63) is 52.8 Å². The molecule has 0 saturated heterocycles. The largest absolute Gasteiger partial charge is 0.462 e. The normalized spacial score (nSPS) is 11.9. The van der Waals surface area contributed by atoms with Gasteiger partial charge in [0, 0.05) is 11.4 Å². The lowest BCUT2D eigenvalue weighted by Gasteiger charge is -2.27. The third-order valence-electron chi connectivity index (χ3n) is 5.02. The Balaban J connectivity index is 2.16. The Labute approximate surface area is 177 Å². The Bertz CT molecular complexity index is 889. The van der Waals surface area contributed by atoms with Crippen molar-refractivity contribution >= 4 is 23.3 Å². The first-order valence-corrected chi connectivity index (χ1v) is 10.3. The number of nitrogens with zero attached hydrogens (tertiary/aromatic N) is 1. The van der Waals surface area contributed by atoms with Crippen LogP contribution in [-0.2, 0) is 9.53 Å². The van der Waals surface area contributed by atoms with Crippen LogP contribution >= 0.6 is 0 Å². The molecule has 1 unspecified atom stereocenters. The van der Waals surface area contributed by atoms with Crippen LogP contribution < -0.4 is 5.32 Å². The lowest BCUT2D eigenvalue weighted by Crippen LogP contribution is -2.45. The zero-order valence-electron chi connectivity index (χ0n) is 18.4. The number of ketones is 1. The first-order chi connectivity index (χ1) is 14.3. The van der Waals surface area contributed by atoms with E-state index in [1.54, 1.807) is 27.7 Å². The van der Waals surface area contributed by atoms with Crippen LogP contribution in [-0.4, -0.2) is 53.3 Å². The Hall–Kier alpha value is -2.93. The van der Waals surface area contributed by atoms with Gasteiger partial charge in [0.25, 0.3) is 0 Å². The van der Waals surface area contributed by atoms with Crippen LogP contribution in [0.1, 0.15) is 59.3 Å². The summed E-state index contributed by atoms with van der Waals surface area (Å²) in [5.74, 6) is -0.781. The Morgan fingerprint density at radius 1 is 1.13 bits per heavy atom. The minimum Gasteiger partial charge on any atom is -0.462 e. The quantitative estimate of drug-likeness (QED) is 0.457. The van der Waals surface area contributed by atoms with Gasteiger partial charge < -0.3 is 15.0 Å². The van der Waals surface area contributed by atoms with Crippen molar-refractivity contribution in [1.29, 1.82) is 0 Å². The number of amides is 1. The first kappa shape index (κ1) is 23.3. The Morgan fingerprint density at radius 3 is 2.40 bits per heavy atom. The highest BCUT2D eigenvalue weighted by Crippen LogP contribution is 2.20. The molecule has 7 nitrogen and oxygen atoms in total. The van der Waals surface area contributed by atoms with Crippen LogP contribution in [0, 0.1) is 13.8 Å². The molecule has 0 aliphatic heterocycles. The molecule has 1 heterocycles. The van der Waals surface area contributed by atoms with Crippen LogP contribution in [0.25, 0.3) is 0 Å². The van der Waals surface area contributed by atoms with Crippen molar-refractivity contribution in [3.8, 4) is 0 Å².